The first-order valence-electron chi connectivity index (χ1n) is 10.6. The van der Waals surface area contributed by atoms with Gasteiger partial charge in [0.05, 0.1) is 12.2 Å². The van der Waals surface area contributed by atoms with Crippen molar-refractivity contribution < 1.29 is 54.2 Å². The summed E-state index contributed by atoms with van der Waals surface area (Å²) in [5.41, 5.74) is -6.14. The van der Waals surface area contributed by atoms with Crippen LogP contribution in [0.3, 0.4) is 0 Å². The van der Waals surface area contributed by atoms with E-state index in [0.717, 1.165) is 17.0 Å². The molecule has 0 unspecified atom stereocenters. The zero-order valence-corrected chi connectivity index (χ0v) is 18.7. The van der Waals surface area contributed by atoms with Gasteiger partial charge in [0.25, 0.3) is 11.5 Å². The SMILES string of the molecule is O=C1c2ccnc(-c3ccccc3OCC(F)(F)F)c2CN1c1ccc(C(O)(C(F)(F)F)C(F)(F)F)cc1. The summed E-state index contributed by atoms with van der Waals surface area (Å²) in [5.74, 6) is -0.841. The molecule has 0 spiro atoms. The third kappa shape index (κ3) is 4.75. The maximum atomic E-state index is 13.2. The van der Waals surface area contributed by atoms with Gasteiger partial charge in [-0.2, -0.15) is 39.5 Å². The maximum absolute atomic E-state index is 13.2. The summed E-state index contributed by atoms with van der Waals surface area (Å²) < 4.78 is 122. The highest BCUT2D eigenvalue weighted by Crippen LogP contribution is 2.50. The standard InChI is InChI=1S/C24H15F9N2O3/c25-21(26,27)12-38-18-4-2-1-3-16(18)19-17-11-35(20(36)15(17)9-10-34-19)14-7-5-13(6-8-14)22(37,23(28,29)30)24(31,32)33/h1-10,37H,11-12H2. The molecule has 38 heavy (non-hydrogen) atoms. The van der Waals surface area contributed by atoms with Crippen molar-refractivity contribution in [3.05, 3.63) is 77.5 Å². The highest BCUT2D eigenvalue weighted by atomic mass is 19.4. The molecule has 14 heteroatoms. The Morgan fingerprint density at radius 2 is 1.45 bits per heavy atom. The molecule has 2 aromatic carbocycles. The lowest BCUT2D eigenvalue weighted by Crippen LogP contribution is -2.53. The van der Waals surface area contributed by atoms with Crippen LogP contribution in [0.5, 0.6) is 5.75 Å². The minimum absolute atomic E-state index is 0.0757. The number of rotatable bonds is 5. The summed E-state index contributed by atoms with van der Waals surface area (Å²) >= 11 is 0. The number of nitrogens with zero attached hydrogens (tertiary/aromatic N) is 2. The third-order valence-corrected chi connectivity index (χ3v) is 5.80. The summed E-state index contributed by atoms with van der Waals surface area (Å²) in [4.78, 5) is 18.2. The Morgan fingerprint density at radius 1 is 0.842 bits per heavy atom. The van der Waals surface area contributed by atoms with Crippen LogP contribution < -0.4 is 9.64 Å². The predicted molar refractivity (Wildman–Crippen MR) is 114 cm³/mol. The second kappa shape index (κ2) is 9.19. The highest BCUT2D eigenvalue weighted by Gasteiger charge is 2.71. The lowest BCUT2D eigenvalue weighted by molar-refractivity contribution is -0.376. The van der Waals surface area contributed by atoms with Crippen LogP contribution in [0.1, 0.15) is 21.5 Å². The van der Waals surface area contributed by atoms with E-state index >= 15 is 0 Å². The van der Waals surface area contributed by atoms with Gasteiger partial charge in [-0.15, -0.1) is 0 Å². The van der Waals surface area contributed by atoms with Crippen molar-refractivity contribution in [2.45, 2.75) is 30.7 Å². The van der Waals surface area contributed by atoms with Gasteiger partial charge < -0.3 is 14.7 Å². The van der Waals surface area contributed by atoms with Crippen molar-refractivity contribution in [2.24, 2.45) is 0 Å². The Kier molecular flexibility index (Phi) is 6.58. The number of aromatic nitrogens is 1. The zero-order chi connectivity index (χ0) is 28.1. The van der Waals surface area contributed by atoms with Gasteiger partial charge in [-0.1, -0.05) is 24.3 Å². The molecular formula is C24H15F9N2O3. The van der Waals surface area contributed by atoms with Crippen molar-refractivity contribution in [1.29, 1.82) is 0 Å². The van der Waals surface area contributed by atoms with Crippen LogP contribution >= 0.6 is 0 Å². The van der Waals surface area contributed by atoms with E-state index in [0.29, 0.717) is 12.1 Å². The molecule has 0 bridgehead atoms. The van der Waals surface area contributed by atoms with Gasteiger partial charge in [0.15, 0.2) is 6.61 Å². The molecule has 0 aliphatic carbocycles. The number of carbonyl (C=O) groups is 1. The quantitative estimate of drug-likeness (QED) is 0.387. The zero-order valence-electron chi connectivity index (χ0n) is 18.7. The van der Waals surface area contributed by atoms with Crippen molar-refractivity contribution in [3.63, 3.8) is 0 Å². The monoisotopic (exact) mass is 550 g/mol. The first kappa shape index (κ1) is 27.2. The van der Waals surface area contributed by atoms with Crippen molar-refractivity contribution in [2.75, 3.05) is 11.5 Å². The van der Waals surface area contributed by atoms with Crippen LogP contribution in [0, 0.1) is 0 Å². The number of benzene rings is 2. The van der Waals surface area contributed by atoms with E-state index < -0.39 is 42.2 Å². The molecule has 3 aromatic rings. The fourth-order valence-electron chi connectivity index (χ4n) is 3.99. The summed E-state index contributed by atoms with van der Waals surface area (Å²) in [5, 5.41) is 9.57. The fraction of sp³-hybridized carbons (Fsp3) is 0.250. The average molecular weight is 550 g/mol. The fourth-order valence-corrected chi connectivity index (χ4v) is 3.99. The number of ether oxygens (including phenoxy) is 1. The van der Waals surface area contributed by atoms with Gasteiger partial charge in [-0.05, 0) is 30.3 Å². The molecule has 1 N–H and O–H groups in total. The van der Waals surface area contributed by atoms with E-state index in [-0.39, 0.29) is 40.4 Å². The normalized spacial score (nSPS) is 14.6. The van der Waals surface area contributed by atoms with Crippen LogP contribution in [0.25, 0.3) is 11.3 Å². The molecule has 202 valence electrons. The summed E-state index contributed by atoms with van der Waals surface area (Å²) in [7, 11) is 0. The first-order valence-corrected chi connectivity index (χ1v) is 10.6. The molecular weight excluding hydrogens is 535 g/mol. The van der Waals surface area contributed by atoms with E-state index in [9.17, 15) is 49.4 Å². The van der Waals surface area contributed by atoms with Crippen molar-refractivity contribution in [1.82, 2.24) is 4.98 Å². The number of anilines is 1. The lowest BCUT2D eigenvalue weighted by atomic mass is 9.92. The van der Waals surface area contributed by atoms with Gasteiger partial charge in [0, 0.05) is 34.1 Å². The van der Waals surface area contributed by atoms with Crippen LogP contribution in [-0.4, -0.2) is 41.1 Å². The number of amides is 1. The topological polar surface area (TPSA) is 62.7 Å². The van der Waals surface area contributed by atoms with E-state index in [2.05, 4.69) is 4.98 Å². The molecule has 5 nitrogen and oxygen atoms in total. The third-order valence-electron chi connectivity index (χ3n) is 5.80. The first-order chi connectivity index (χ1) is 17.5. The predicted octanol–water partition coefficient (Wildman–Crippen LogP) is 6.16. The molecule has 4 rings (SSSR count). The number of carbonyl (C=O) groups excluding carboxylic acids is 1. The van der Waals surface area contributed by atoms with Crippen LogP contribution in [0.15, 0.2) is 60.8 Å². The number of fused-ring (bicyclic) bond motifs is 1. The van der Waals surface area contributed by atoms with Crippen LogP contribution in [-0.2, 0) is 12.1 Å². The molecule has 0 atom stereocenters. The van der Waals surface area contributed by atoms with E-state index in [1.807, 2.05) is 0 Å². The Morgan fingerprint density at radius 3 is 2.03 bits per heavy atom. The summed E-state index contributed by atoms with van der Waals surface area (Å²) in [6.07, 6.45) is -15.5. The molecule has 2 heterocycles. The molecule has 1 aromatic heterocycles. The Labute approximate surface area is 208 Å². The Balaban J connectivity index is 1.68. The van der Waals surface area contributed by atoms with Gasteiger partial charge in [-0.25, -0.2) is 0 Å². The number of halogens is 9. The summed E-state index contributed by atoms with van der Waals surface area (Å²) in [6, 6.07) is 9.40. The molecule has 0 saturated carbocycles. The number of aliphatic hydroxyl groups is 1. The average Bonchev–Trinajstić information content (AvgIpc) is 3.17. The lowest BCUT2D eigenvalue weighted by Gasteiger charge is -2.32. The number of para-hydroxylation sites is 1. The van der Waals surface area contributed by atoms with E-state index in [1.165, 1.54) is 36.5 Å². The smallest absolute Gasteiger partial charge is 0.430 e. The van der Waals surface area contributed by atoms with E-state index in [1.54, 1.807) is 0 Å². The molecule has 0 radical (unpaired) electrons. The second-order valence-corrected chi connectivity index (χ2v) is 8.23. The minimum atomic E-state index is -6.07. The Bertz CT molecular complexity index is 1340. The number of pyridine rings is 1. The molecule has 1 amide bonds. The highest BCUT2D eigenvalue weighted by molar-refractivity contribution is 6.11. The largest absolute Gasteiger partial charge is 0.483 e. The van der Waals surface area contributed by atoms with Crippen molar-refractivity contribution >= 4 is 11.6 Å². The molecule has 1 aliphatic heterocycles. The molecule has 0 saturated heterocycles. The van der Waals surface area contributed by atoms with Crippen LogP contribution in [0.2, 0.25) is 0 Å². The van der Waals surface area contributed by atoms with Crippen molar-refractivity contribution in [3.8, 4) is 17.0 Å². The maximum Gasteiger partial charge on any atom is 0.430 e. The summed E-state index contributed by atoms with van der Waals surface area (Å²) in [6.45, 7) is -1.83. The van der Waals surface area contributed by atoms with Gasteiger partial charge in [0.1, 0.15) is 5.75 Å². The number of alkyl halides is 9. The number of hydrogen-bond donors (Lipinski definition) is 1. The van der Waals surface area contributed by atoms with Gasteiger partial charge >= 0.3 is 18.5 Å². The Hall–Kier alpha value is -3.81. The van der Waals surface area contributed by atoms with Crippen LogP contribution in [0.4, 0.5) is 45.2 Å². The van der Waals surface area contributed by atoms with E-state index in [4.69, 9.17) is 4.74 Å². The molecule has 1 aliphatic rings. The second-order valence-electron chi connectivity index (χ2n) is 8.23. The molecule has 0 fully saturated rings. The van der Waals surface area contributed by atoms with Gasteiger partial charge in [0.2, 0.25) is 0 Å². The minimum Gasteiger partial charge on any atom is -0.483 e. The van der Waals surface area contributed by atoms with Gasteiger partial charge in [-0.3, -0.25) is 9.78 Å². The number of hydrogen-bond acceptors (Lipinski definition) is 4.